The second kappa shape index (κ2) is 7.59. The van der Waals surface area contributed by atoms with Crippen LogP contribution in [0.25, 0.3) is 11.1 Å². The zero-order chi connectivity index (χ0) is 18.9. The lowest BCUT2D eigenvalue weighted by atomic mass is 9.81. The Kier molecular flexibility index (Phi) is 4.81. The fourth-order valence-corrected chi connectivity index (χ4v) is 5.58. The number of benzene rings is 3. The minimum Gasteiger partial charge on any atom is -0.0619 e. The molecule has 0 bridgehead atoms. The molecule has 0 aromatic heterocycles. The van der Waals surface area contributed by atoms with Crippen LogP contribution in [-0.2, 0) is 6.42 Å². The zero-order valence-electron chi connectivity index (χ0n) is 17.0. The van der Waals surface area contributed by atoms with Crippen molar-refractivity contribution in [1.29, 1.82) is 0 Å². The Hall–Kier alpha value is -2.34. The van der Waals surface area contributed by atoms with Gasteiger partial charge in [-0.25, -0.2) is 0 Å². The molecule has 1 fully saturated rings. The van der Waals surface area contributed by atoms with Crippen molar-refractivity contribution in [1.82, 2.24) is 0 Å². The molecule has 0 aliphatic heterocycles. The van der Waals surface area contributed by atoms with Crippen molar-refractivity contribution in [2.24, 2.45) is 0 Å². The number of hydrogen-bond donors (Lipinski definition) is 0. The Morgan fingerprint density at radius 3 is 2.04 bits per heavy atom. The smallest absolute Gasteiger partial charge is 0.0105 e. The number of fused-ring (bicyclic) bond motifs is 3. The van der Waals surface area contributed by atoms with Crippen LogP contribution in [0.2, 0.25) is 0 Å². The summed E-state index contributed by atoms with van der Waals surface area (Å²) in [4.78, 5) is 0. The largest absolute Gasteiger partial charge is 0.0619 e. The minimum atomic E-state index is 0.534. The van der Waals surface area contributed by atoms with Gasteiger partial charge in [0.25, 0.3) is 0 Å². The van der Waals surface area contributed by atoms with Crippen LogP contribution in [0.5, 0.6) is 0 Å². The fourth-order valence-electron chi connectivity index (χ4n) is 5.58. The molecule has 3 aromatic rings. The molecule has 0 spiro atoms. The first-order valence-corrected chi connectivity index (χ1v) is 11.1. The Morgan fingerprint density at radius 2 is 1.36 bits per heavy atom. The van der Waals surface area contributed by atoms with E-state index in [4.69, 9.17) is 0 Å². The fraction of sp³-hybridized carbons (Fsp3) is 0.357. The summed E-state index contributed by atoms with van der Waals surface area (Å²) in [6, 6.07) is 25.3. The molecule has 5 rings (SSSR count). The molecular weight excluding hydrogens is 336 g/mol. The summed E-state index contributed by atoms with van der Waals surface area (Å²) >= 11 is 0. The van der Waals surface area contributed by atoms with E-state index in [0.29, 0.717) is 5.92 Å². The molecule has 0 heterocycles. The van der Waals surface area contributed by atoms with Gasteiger partial charge in [0.15, 0.2) is 0 Å². The van der Waals surface area contributed by atoms with Crippen molar-refractivity contribution in [2.75, 3.05) is 0 Å². The van der Waals surface area contributed by atoms with Gasteiger partial charge in [-0.15, -0.1) is 0 Å². The molecule has 0 atom stereocenters. The summed E-state index contributed by atoms with van der Waals surface area (Å²) in [5, 5.41) is 0. The van der Waals surface area contributed by atoms with Crippen LogP contribution < -0.4 is 0 Å². The lowest BCUT2D eigenvalue weighted by molar-refractivity contribution is 0.442. The van der Waals surface area contributed by atoms with Crippen molar-refractivity contribution in [3.8, 4) is 11.1 Å². The lowest BCUT2D eigenvalue weighted by Gasteiger charge is -2.24. The van der Waals surface area contributed by atoms with Crippen molar-refractivity contribution in [3.05, 3.63) is 94.5 Å². The second-order valence-corrected chi connectivity index (χ2v) is 8.79. The van der Waals surface area contributed by atoms with Gasteiger partial charge in [0.05, 0.1) is 0 Å². The van der Waals surface area contributed by atoms with Crippen LogP contribution in [0, 0.1) is 6.92 Å². The van der Waals surface area contributed by atoms with E-state index in [9.17, 15) is 0 Å². The summed E-state index contributed by atoms with van der Waals surface area (Å²) in [5.41, 5.74) is 10.6. The molecule has 3 aromatic carbocycles. The van der Waals surface area contributed by atoms with Crippen LogP contribution in [0.3, 0.4) is 0 Å². The molecule has 1 saturated carbocycles. The topological polar surface area (TPSA) is 0 Å². The van der Waals surface area contributed by atoms with Crippen LogP contribution in [0.1, 0.15) is 78.2 Å². The van der Waals surface area contributed by atoms with Gasteiger partial charge in [-0.3, -0.25) is 0 Å². The third-order valence-electron chi connectivity index (χ3n) is 7.07. The lowest BCUT2D eigenvalue weighted by Crippen LogP contribution is -2.07. The van der Waals surface area contributed by atoms with Crippen molar-refractivity contribution < 1.29 is 0 Å². The van der Waals surface area contributed by atoms with Crippen molar-refractivity contribution >= 4 is 0 Å². The van der Waals surface area contributed by atoms with Gasteiger partial charge in [-0.05, 0) is 77.5 Å². The van der Waals surface area contributed by atoms with Gasteiger partial charge in [-0.1, -0.05) is 86.0 Å². The van der Waals surface area contributed by atoms with Crippen LogP contribution >= 0.6 is 0 Å². The number of rotatable bonds is 4. The molecule has 2 aliphatic rings. The molecule has 0 N–H and O–H groups in total. The van der Waals surface area contributed by atoms with Crippen LogP contribution in [-0.4, -0.2) is 0 Å². The molecule has 0 heteroatoms. The average Bonchev–Trinajstić information content (AvgIpc) is 3.08. The van der Waals surface area contributed by atoms with Crippen LogP contribution in [0.15, 0.2) is 66.7 Å². The van der Waals surface area contributed by atoms with Gasteiger partial charge in [0.2, 0.25) is 0 Å². The zero-order valence-corrected chi connectivity index (χ0v) is 17.0. The normalized spacial score (nSPS) is 16.8. The average molecular weight is 367 g/mol. The van der Waals surface area contributed by atoms with E-state index >= 15 is 0 Å². The molecule has 0 nitrogen and oxygen atoms in total. The maximum absolute atomic E-state index is 2.54. The minimum absolute atomic E-state index is 0.534. The quantitative estimate of drug-likeness (QED) is 0.442. The molecule has 2 aliphatic carbocycles. The van der Waals surface area contributed by atoms with Crippen molar-refractivity contribution in [3.63, 3.8) is 0 Å². The highest BCUT2D eigenvalue weighted by molar-refractivity contribution is 5.78. The van der Waals surface area contributed by atoms with Crippen molar-refractivity contribution in [2.45, 2.75) is 63.7 Å². The van der Waals surface area contributed by atoms with Gasteiger partial charge in [0, 0.05) is 5.92 Å². The monoisotopic (exact) mass is 366 g/mol. The van der Waals surface area contributed by atoms with Gasteiger partial charge in [0.1, 0.15) is 0 Å². The first kappa shape index (κ1) is 17.7. The molecule has 0 amide bonds. The van der Waals surface area contributed by atoms with E-state index in [1.54, 1.807) is 5.56 Å². The predicted molar refractivity (Wildman–Crippen MR) is 119 cm³/mol. The van der Waals surface area contributed by atoms with Gasteiger partial charge >= 0.3 is 0 Å². The molecule has 0 radical (unpaired) electrons. The Labute approximate surface area is 169 Å². The summed E-state index contributed by atoms with van der Waals surface area (Å²) in [7, 11) is 0. The highest BCUT2D eigenvalue weighted by atomic mass is 14.3. The molecule has 0 saturated heterocycles. The first-order valence-electron chi connectivity index (χ1n) is 11.1. The molecule has 0 unspecified atom stereocenters. The summed E-state index contributed by atoms with van der Waals surface area (Å²) in [5.74, 6) is 1.33. The number of hydrogen-bond acceptors (Lipinski definition) is 0. The predicted octanol–water partition coefficient (Wildman–Crippen LogP) is 7.79. The van der Waals surface area contributed by atoms with E-state index in [0.717, 1.165) is 12.3 Å². The Bertz CT molecular complexity index is 929. The standard InChI is InChI=1S/C28H30/c1-20-15-16-21(19-28(20)22-9-3-2-4-10-22)17-18-27-25-13-7-5-11-23(25)24-12-6-8-14-26(24)27/h5-8,11-16,19,22,27H,2-4,9-10,17-18H2,1H3. The molecule has 142 valence electrons. The maximum atomic E-state index is 2.54. The van der Waals surface area contributed by atoms with Crippen LogP contribution in [0.4, 0.5) is 0 Å². The van der Waals surface area contributed by atoms with E-state index in [1.165, 1.54) is 71.9 Å². The Morgan fingerprint density at radius 1 is 0.714 bits per heavy atom. The second-order valence-electron chi connectivity index (χ2n) is 8.79. The van der Waals surface area contributed by atoms with Gasteiger partial charge in [-0.2, -0.15) is 0 Å². The highest BCUT2D eigenvalue weighted by Crippen LogP contribution is 2.46. The van der Waals surface area contributed by atoms with Gasteiger partial charge < -0.3 is 0 Å². The number of aryl methyl sites for hydroxylation is 2. The van der Waals surface area contributed by atoms with E-state index in [1.807, 2.05) is 0 Å². The summed E-state index contributed by atoms with van der Waals surface area (Å²) < 4.78 is 0. The SMILES string of the molecule is Cc1ccc(CCC2c3ccccc3-c3ccccc32)cc1C1CCCCC1. The highest BCUT2D eigenvalue weighted by Gasteiger charge is 2.27. The molecule has 28 heavy (non-hydrogen) atoms. The third kappa shape index (κ3) is 3.20. The first-order chi connectivity index (χ1) is 13.8. The third-order valence-corrected chi connectivity index (χ3v) is 7.07. The maximum Gasteiger partial charge on any atom is 0.0105 e. The summed E-state index contributed by atoms with van der Waals surface area (Å²) in [6.07, 6.45) is 9.36. The molecular formula is C28H30. The van der Waals surface area contributed by atoms with E-state index in [2.05, 4.69) is 73.7 Å². The summed E-state index contributed by atoms with van der Waals surface area (Å²) in [6.45, 7) is 2.30. The van der Waals surface area contributed by atoms with E-state index in [-0.39, 0.29) is 0 Å². The van der Waals surface area contributed by atoms with E-state index < -0.39 is 0 Å². The Balaban J connectivity index is 1.39.